The van der Waals surface area contributed by atoms with Gasteiger partial charge in [-0.3, -0.25) is 0 Å². The van der Waals surface area contributed by atoms with Gasteiger partial charge >= 0.3 is 0 Å². The van der Waals surface area contributed by atoms with Crippen LogP contribution in [-0.4, -0.2) is 5.25 Å². The molecule has 0 bridgehead atoms. The van der Waals surface area contributed by atoms with E-state index >= 15 is 0 Å². The minimum Gasteiger partial charge on any atom is -0.118 e. The normalized spacial score (nSPS) is 12.0. The van der Waals surface area contributed by atoms with Crippen LogP contribution in [0.5, 0.6) is 0 Å². The summed E-state index contributed by atoms with van der Waals surface area (Å²) in [7, 11) is 0. The van der Waals surface area contributed by atoms with Crippen LogP contribution in [0.25, 0.3) is 0 Å². The van der Waals surface area contributed by atoms with Crippen molar-refractivity contribution in [3.63, 3.8) is 0 Å². The van der Waals surface area contributed by atoms with Gasteiger partial charge in [0, 0.05) is 10.1 Å². The molecule has 0 fully saturated rings. The van der Waals surface area contributed by atoms with Crippen LogP contribution in [0.15, 0.2) is 60.5 Å². The molecule has 0 amide bonds. The molecule has 13 heavy (non-hydrogen) atoms. The molecule has 0 spiro atoms. The minimum atomic E-state index is 0.444. The molecule has 0 N–H and O–H groups in total. The van der Waals surface area contributed by atoms with Gasteiger partial charge < -0.3 is 0 Å². The molecule has 0 heterocycles. The molecule has 68 valence electrons. The first-order valence-corrected chi connectivity index (χ1v) is 5.20. The van der Waals surface area contributed by atoms with Crippen LogP contribution in [-0.2, 0) is 0 Å². The number of rotatable bonds is 5. The van der Waals surface area contributed by atoms with E-state index < -0.39 is 0 Å². The van der Waals surface area contributed by atoms with Gasteiger partial charge in [-0.1, -0.05) is 30.4 Å². The Morgan fingerprint density at radius 1 is 1.23 bits per heavy atom. The Morgan fingerprint density at radius 2 is 1.92 bits per heavy atom. The number of allylic oxidation sites excluding steroid dienone is 1. The largest absolute Gasteiger partial charge is 0.118 e. The average molecular weight is 190 g/mol. The lowest BCUT2D eigenvalue weighted by Crippen LogP contribution is -1.94. The van der Waals surface area contributed by atoms with Gasteiger partial charge in [-0.25, -0.2) is 0 Å². The summed E-state index contributed by atoms with van der Waals surface area (Å²) in [6, 6.07) is 10.4. The van der Waals surface area contributed by atoms with Crippen LogP contribution < -0.4 is 0 Å². The van der Waals surface area contributed by atoms with Gasteiger partial charge in [-0.2, -0.15) is 0 Å². The Hall–Kier alpha value is -0.950. The molecule has 1 unspecified atom stereocenters. The first kappa shape index (κ1) is 10.1. The summed E-state index contributed by atoms with van der Waals surface area (Å²) >= 11 is 1.82. The molecule has 0 aromatic heterocycles. The molecule has 1 heteroatoms. The van der Waals surface area contributed by atoms with Crippen molar-refractivity contribution >= 4 is 11.8 Å². The summed E-state index contributed by atoms with van der Waals surface area (Å²) in [4.78, 5) is 1.29. The fraction of sp³-hybridized carbons (Fsp3) is 0.167. The van der Waals surface area contributed by atoms with Crippen LogP contribution in [0.4, 0.5) is 0 Å². The standard InChI is InChI=1S/C12H14S/c1-3-8-11(4-2)13-12-9-6-5-7-10-12/h3-7,9-11H,1-2,8H2. The van der Waals surface area contributed by atoms with Crippen molar-refractivity contribution < 1.29 is 0 Å². The second-order valence-electron chi connectivity index (χ2n) is 2.73. The van der Waals surface area contributed by atoms with E-state index in [1.54, 1.807) is 0 Å². The van der Waals surface area contributed by atoms with Crippen molar-refractivity contribution in [3.05, 3.63) is 55.6 Å². The van der Waals surface area contributed by atoms with E-state index in [-0.39, 0.29) is 0 Å². The van der Waals surface area contributed by atoms with Gasteiger partial charge in [0.25, 0.3) is 0 Å². The summed E-state index contributed by atoms with van der Waals surface area (Å²) in [6.07, 6.45) is 4.88. The van der Waals surface area contributed by atoms with Crippen molar-refractivity contribution in [2.24, 2.45) is 0 Å². The fourth-order valence-electron chi connectivity index (χ4n) is 1.03. The highest BCUT2D eigenvalue weighted by Crippen LogP contribution is 2.25. The number of thioether (sulfide) groups is 1. The Morgan fingerprint density at radius 3 is 2.46 bits per heavy atom. The lowest BCUT2D eigenvalue weighted by Gasteiger charge is -2.08. The second-order valence-corrected chi connectivity index (χ2v) is 4.04. The van der Waals surface area contributed by atoms with Crippen molar-refractivity contribution in [2.75, 3.05) is 0 Å². The van der Waals surface area contributed by atoms with Crippen LogP contribution in [0, 0.1) is 0 Å². The fourth-order valence-corrected chi connectivity index (χ4v) is 2.02. The topological polar surface area (TPSA) is 0 Å². The molecule has 1 aromatic rings. The summed E-state index contributed by atoms with van der Waals surface area (Å²) in [5, 5.41) is 0.444. The quantitative estimate of drug-likeness (QED) is 0.501. The molecule has 0 nitrogen and oxygen atoms in total. The highest BCUT2D eigenvalue weighted by atomic mass is 32.2. The van der Waals surface area contributed by atoms with Crippen molar-refractivity contribution in [3.8, 4) is 0 Å². The van der Waals surface area contributed by atoms with E-state index in [0.717, 1.165) is 6.42 Å². The van der Waals surface area contributed by atoms with Crippen LogP contribution in [0.3, 0.4) is 0 Å². The molecule has 1 aromatic carbocycles. The summed E-state index contributed by atoms with van der Waals surface area (Å²) in [6.45, 7) is 7.54. The maximum atomic E-state index is 3.81. The first-order valence-electron chi connectivity index (χ1n) is 4.32. The molecule has 0 aliphatic carbocycles. The highest BCUT2D eigenvalue weighted by Gasteiger charge is 2.02. The third-order valence-corrected chi connectivity index (χ3v) is 2.92. The van der Waals surface area contributed by atoms with Gasteiger partial charge in [0.1, 0.15) is 0 Å². The Kier molecular flexibility index (Phi) is 4.41. The second kappa shape index (κ2) is 5.65. The Bertz CT molecular complexity index is 264. The number of hydrogen-bond acceptors (Lipinski definition) is 1. The molecule has 1 rings (SSSR count). The molecule has 0 radical (unpaired) electrons. The molecular formula is C12H14S. The smallest absolute Gasteiger partial charge is 0.0306 e. The van der Waals surface area contributed by atoms with E-state index in [1.165, 1.54) is 4.90 Å². The van der Waals surface area contributed by atoms with E-state index in [4.69, 9.17) is 0 Å². The zero-order chi connectivity index (χ0) is 9.52. The number of benzene rings is 1. The monoisotopic (exact) mass is 190 g/mol. The van der Waals surface area contributed by atoms with Crippen molar-refractivity contribution in [1.82, 2.24) is 0 Å². The first-order chi connectivity index (χ1) is 6.36. The molecule has 0 aliphatic heterocycles. The minimum absolute atomic E-state index is 0.444. The highest BCUT2D eigenvalue weighted by molar-refractivity contribution is 8.00. The maximum absolute atomic E-state index is 3.81. The SMILES string of the molecule is C=CCC(C=C)Sc1ccccc1. The predicted octanol–water partition coefficient (Wildman–Crippen LogP) is 3.91. The zero-order valence-corrected chi connectivity index (χ0v) is 8.46. The van der Waals surface area contributed by atoms with Crippen molar-refractivity contribution in [1.29, 1.82) is 0 Å². The lowest BCUT2D eigenvalue weighted by molar-refractivity contribution is 1.08. The summed E-state index contributed by atoms with van der Waals surface area (Å²) in [5.74, 6) is 0. The van der Waals surface area contributed by atoms with E-state index in [1.807, 2.05) is 30.0 Å². The van der Waals surface area contributed by atoms with E-state index in [9.17, 15) is 0 Å². The average Bonchev–Trinajstić information content (AvgIpc) is 2.19. The van der Waals surface area contributed by atoms with E-state index in [0.29, 0.717) is 5.25 Å². The molecule has 0 saturated carbocycles. The van der Waals surface area contributed by atoms with E-state index in [2.05, 4.69) is 37.4 Å². The molecular weight excluding hydrogens is 176 g/mol. The van der Waals surface area contributed by atoms with Crippen molar-refractivity contribution in [2.45, 2.75) is 16.6 Å². The van der Waals surface area contributed by atoms with Crippen LogP contribution >= 0.6 is 11.8 Å². The zero-order valence-electron chi connectivity index (χ0n) is 7.65. The van der Waals surface area contributed by atoms with Crippen LogP contribution in [0.2, 0.25) is 0 Å². The Labute approximate surface area is 84.4 Å². The molecule has 0 aliphatic rings. The Balaban J connectivity index is 2.56. The summed E-state index contributed by atoms with van der Waals surface area (Å²) < 4.78 is 0. The third-order valence-electron chi connectivity index (χ3n) is 1.69. The van der Waals surface area contributed by atoms with Gasteiger partial charge in [-0.05, 0) is 18.6 Å². The number of hydrogen-bond donors (Lipinski definition) is 0. The van der Waals surface area contributed by atoms with Gasteiger partial charge in [0.2, 0.25) is 0 Å². The van der Waals surface area contributed by atoms with Gasteiger partial charge in [-0.15, -0.1) is 24.9 Å². The summed E-state index contributed by atoms with van der Waals surface area (Å²) in [5.41, 5.74) is 0. The predicted molar refractivity (Wildman–Crippen MR) is 61.1 cm³/mol. The van der Waals surface area contributed by atoms with Crippen LogP contribution in [0.1, 0.15) is 6.42 Å². The maximum Gasteiger partial charge on any atom is 0.0306 e. The van der Waals surface area contributed by atoms with Gasteiger partial charge in [0.15, 0.2) is 0 Å². The lowest BCUT2D eigenvalue weighted by atomic mass is 10.3. The van der Waals surface area contributed by atoms with Gasteiger partial charge in [0.05, 0.1) is 0 Å². The molecule has 1 atom stereocenters. The third kappa shape index (κ3) is 3.51. The molecule has 0 saturated heterocycles.